The summed E-state index contributed by atoms with van der Waals surface area (Å²) in [7, 11) is 1.39. The third-order valence-electron chi connectivity index (χ3n) is 33.5. The predicted molar refractivity (Wildman–Crippen MR) is 565 cm³/mol. The number of rotatable bonds is 16. The number of fused-ring (bicyclic) bond motifs is 11. The number of allylic oxidation sites excluding steroid dienone is 8. The van der Waals surface area contributed by atoms with Gasteiger partial charge in [0.25, 0.3) is 23.6 Å². The maximum absolute atomic E-state index is 13.0. The van der Waals surface area contributed by atoms with Crippen molar-refractivity contribution in [2.24, 2.45) is 21.7 Å². The highest BCUT2D eigenvalue weighted by molar-refractivity contribution is 6.06. The fraction of sp³-hybridized carbons (Fsp3) is 0.547. The normalized spacial score (nSPS) is 33.4. The van der Waals surface area contributed by atoms with Crippen molar-refractivity contribution in [1.82, 2.24) is 44.8 Å². The third-order valence-corrected chi connectivity index (χ3v) is 33.5. The van der Waals surface area contributed by atoms with Gasteiger partial charge in [-0.05, 0) is 289 Å². The molecular formula is C117H151N13O17. The second-order valence-electron chi connectivity index (χ2n) is 50.2. The van der Waals surface area contributed by atoms with Crippen LogP contribution in [0, 0.1) is 49.4 Å². The predicted octanol–water partition coefficient (Wildman–Crippen LogP) is 20.8. The van der Waals surface area contributed by atoms with Gasteiger partial charge in [-0.15, -0.1) is 0 Å². The number of carbonyl (C=O) groups is 5. The van der Waals surface area contributed by atoms with Crippen LogP contribution in [-0.4, -0.2) is 187 Å². The number of piperidine rings is 1. The lowest BCUT2D eigenvalue weighted by atomic mass is 9.70. The van der Waals surface area contributed by atoms with Gasteiger partial charge < -0.3 is 100 Å². The summed E-state index contributed by atoms with van der Waals surface area (Å²) in [6, 6.07) is 23.2. The first-order valence-corrected chi connectivity index (χ1v) is 52.2. The Balaban J connectivity index is 0.000000129. The molecule has 786 valence electrons. The summed E-state index contributed by atoms with van der Waals surface area (Å²) >= 11 is 0. The molecular weight excluding hydrogens is 1860 g/mol. The zero-order chi connectivity index (χ0) is 106. The first kappa shape index (κ1) is 106. The minimum absolute atomic E-state index is 0.150. The monoisotopic (exact) mass is 2010 g/mol. The number of nitrogens with zero attached hydrogens (tertiary/aromatic N) is 5. The zero-order valence-electron chi connectivity index (χ0n) is 89.7. The molecule has 4 aromatic carbocycles. The van der Waals surface area contributed by atoms with E-state index in [4.69, 9.17) is 28.4 Å². The van der Waals surface area contributed by atoms with Gasteiger partial charge in [0.05, 0.1) is 74.2 Å². The van der Waals surface area contributed by atoms with Crippen LogP contribution in [0.4, 0.5) is 27.5 Å². The van der Waals surface area contributed by atoms with Crippen LogP contribution in [-0.2, 0) is 50.8 Å². The fourth-order valence-corrected chi connectivity index (χ4v) is 25.9. The Morgan fingerprint density at radius 1 is 0.361 bits per heavy atom. The highest BCUT2D eigenvalue weighted by Gasteiger charge is 2.72. The molecule has 8 bridgehead atoms. The van der Waals surface area contributed by atoms with E-state index in [0.717, 1.165) is 156 Å². The Hall–Kier alpha value is -11.1. The first-order chi connectivity index (χ1) is 68.5. The van der Waals surface area contributed by atoms with Crippen LogP contribution in [0.3, 0.4) is 0 Å². The number of aryl methyl sites for hydroxylation is 4. The van der Waals surface area contributed by atoms with Crippen molar-refractivity contribution in [2.45, 2.75) is 378 Å². The van der Waals surface area contributed by atoms with Crippen molar-refractivity contribution in [3.63, 3.8) is 0 Å². The van der Waals surface area contributed by atoms with Crippen LogP contribution in [0.2, 0.25) is 0 Å². The molecule has 16 atom stereocenters. The van der Waals surface area contributed by atoms with E-state index in [0.29, 0.717) is 61.2 Å². The number of anilines is 4. The summed E-state index contributed by atoms with van der Waals surface area (Å²) in [5, 5.41) is 81.7. The molecule has 7 saturated heterocycles. The topological polar surface area (TPSA) is 428 Å². The Morgan fingerprint density at radius 3 is 0.871 bits per heavy atom. The molecule has 7 fully saturated rings. The number of amides is 5. The SMILES string of the molecule is COC(=O)N1[C@@]2(C)C=C[C@]1(C)CC(O)(c1ccc(NC(=O)c3ncc(C)[nH]3)c(C3=CCC(C)(C)CC3)c1)C2.Cc1cnc(C(=O)Nc2ccc(C3(O)C[C@@]4(C)O[C@@](C)(C3)[C@@H]3OC(C)(C)O[C@@H]34)cc2C2=CCC(C)(C)CC2)[nH]1.Cc1cnc(C(=O)Nc2ccc(C3(O)C[C@@]4(C)O[C@@](C)(C3)[C@H](O)[C@@H]4O)cc2C2=CCC(C)(C)CC2)[nH]1.Cc1cnc(C(=O)Nc2ccc(C3(O)C[C@]4(C)C=C[C@](C)(C3)O4)cc2C2=CCC(C)(C)CC2)[nH]1. The van der Waals surface area contributed by atoms with Gasteiger partial charge in [-0.1, -0.05) is 128 Å². The Morgan fingerprint density at radius 2 is 0.619 bits per heavy atom. The molecule has 4 aromatic heterocycles. The molecule has 147 heavy (non-hydrogen) atoms. The summed E-state index contributed by atoms with van der Waals surface area (Å²) in [6.07, 6.45) is 34.9. The number of aromatic amines is 4. The van der Waals surface area contributed by atoms with Crippen LogP contribution in [0.5, 0.6) is 0 Å². The standard InChI is InChI=1S/C31H41N3O5.C30H38N4O4.C28H37N3O5.C28H35N3O3/c1-18-15-32-25(33-18)26(35)34-22-9-8-20(14-21(22)19-10-12-27(2,3)13-11-19)31(36)16-29(6)23-24(30(7,17-31)39-29)38-28(4,5)37-23;1-19-16-31-24(32-19)25(35)33-23-8-7-21(15-22(23)20-9-11-27(2,3)12-10-20)30(37)17-28(4)13-14-29(5,18-30)34(28)26(36)38-6;1-16-13-29-23(30-16)24(34)31-20-7-6-18(12-19(20)17-8-10-25(2,3)11-9-17)28(35)14-26(4)21(32)22(33)27(5,15-28)36-26;1-18-15-29-23(30-18)24(32)31-22-7-6-20(14-21(22)19-8-10-25(2,3)11-9-19)28(33)16-26(4)12-13-27(5,17-28)34-26/h8-10,14-15,23-24,36H,11-13,16-17H2,1-7H3,(H,32,33)(H,34,35);7-9,13-16,37H,10-12,17-18H2,1-6H3,(H,31,32)(H,33,35);6-8,12-13,21-22,32-33,35H,9-11,14-15H2,1-5H3,(H,29,30)(H,31,34);6-8,12-15,33H,9-11,16-17H2,1-5H3,(H,29,30)(H,31,32)/t23-,24+,29+,30-,31?;28-,29+,30?;21-,22+,26+,27-,28?;26-,27+,28?. The quantitative estimate of drug-likeness (QED) is 0.0400. The third kappa shape index (κ3) is 21.0. The van der Waals surface area contributed by atoms with Gasteiger partial charge >= 0.3 is 6.09 Å². The molecule has 13 heterocycles. The Labute approximate surface area is 862 Å². The maximum Gasteiger partial charge on any atom is 0.410 e. The summed E-state index contributed by atoms with van der Waals surface area (Å²) in [6.45, 7) is 45.0. The molecule has 0 radical (unpaired) electrons. The number of methoxy groups -OCH3 is 1. The molecule has 5 amide bonds. The van der Waals surface area contributed by atoms with Crippen molar-refractivity contribution in [3.8, 4) is 0 Å². The number of aliphatic hydroxyl groups is 6. The van der Waals surface area contributed by atoms with E-state index in [2.05, 4.69) is 165 Å². The number of imidazole rings is 4. The number of aromatic nitrogens is 8. The molecule has 9 aliphatic heterocycles. The second-order valence-corrected chi connectivity index (χ2v) is 50.2. The van der Waals surface area contributed by atoms with E-state index in [1.807, 2.05) is 156 Å². The zero-order valence-corrected chi connectivity index (χ0v) is 89.7. The van der Waals surface area contributed by atoms with E-state index >= 15 is 0 Å². The molecule has 0 spiro atoms. The van der Waals surface area contributed by atoms with E-state index in [1.54, 1.807) is 43.5 Å². The number of H-pyrrole nitrogens is 4. The van der Waals surface area contributed by atoms with Gasteiger partial charge in [0.2, 0.25) is 0 Å². The van der Waals surface area contributed by atoms with Crippen LogP contribution >= 0.6 is 0 Å². The van der Waals surface area contributed by atoms with Crippen LogP contribution < -0.4 is 21.3 Å². The number of hydrogen-bond acceptors (Lipinski definition) is 21. The summed E-state index contributed by atoms with van der Waals surface area (Å²) in [5.41, 5.74) is 7.97. The minimum Gasteiger partial charge on any atom is -0.453 e. The number of nitrogens with one attached hydrogen (secondary N) is 8. The number of hydrogen-bond donors (Lipinski definition) is 14. The summed E-state index contributed by atoms with van der Waals surface area (Å²) in [5.74, 6) is -0.823. The molecule has 0 saturated carbocycles. The van der Waals surface area contributed by atoms with Crippen molar-refractivity contribution in [2.75, 3.05) is 28.4 Å². The molecule has 13 aliphatic rings. The first-order valence-electron chi connectivity index (χ1n) is 52.2. The van der Waals surface area contributed by atoms with Crippen molar-refractivity contribution in [1.29, 1.82) is 0 Å². The summed E-state index contributed by atoms with van der Waals surface area (Å²) in [4.78, 5) is 94.9. The fourth-order valence-electron chi connectivity index (χ4n) is 25.9. The van der Waals surface area contributed by atoms with E-state index < -0.39 is 91.2 Å². The highest BCUT2D eigenvalue weighted by atomic mass is 16.8. The van der Waals surface area contributed by atoms with Crippen LogP contribution in [0.15, 0.2) is 146 Å². The molecule has 21 rings (SSSR count). The van der Waals surface area contributed by atoms with E-state index in [1.165, 1.54) is 18.3 Å². The minimum atomic E-state index is -1.32. The number of carbonyl (C=O) groups excluding carboxylic acids is 5. The smallest absolute Gasteiger partial charge is 0.410 e. The summed E-state index contributed by atoms with van der Waals surface area (Å²) < 4.78 is 36.6. The average Bonchev–Trinajstić information content (AvgIpc) is 1.52. The van der Waals surface area contributed by atoms with E-state index in [-0.39, 0.29) is 93.6 Å². The van der Waals surface area contributed by atoms with Gasteiger partial charge in [-0.2, -0.15) is 0 Å². The number of ether oxygens (including phenoxy) is 6. The number of aliphatic hydroxyl groups excluding tert-OH is 2. The molecule has 14 N–H and O–H groups in total. The molecule has 30 heteroatoms. The number of benzene rings is 4. The van der Waals surface area contributed by atoms with Crippen LogP contribution in [0.25, 0.3) is 22.3 Å². The van der Waals surface area contributed by atoms with Crippen molar-refractivity contribution in [3.05, 3.63) is 237 Å². The molecule has 4 aliphatic carbocycles. The lowest BCUT2D eigenvalue weighted by Gasteiger charge is -2.53. The van der Waals surface area contributed by atoms with Gasteiger partial charge in [0.15, 0.2) is 29.1 Å². The van der Waals surface area contributed by atoms with E-state index in [9.17, 15) is 54.6 Å². The van der Waals surface area contributed by atoms with Crippen molar-refractivity contribution >= 4 is 74.8 Å². The highest BCUT2D eigenvalue weighted by Crippen LogP contribution is 2.63. The molecule has 8 aromatic rings. The lowest BCUT2D eigenvalue weighted by molar-refractivity contribution is -0.270. The van der Waals surface area contributed by atoms with Gasteiger partial charge in [-0.3, -0.25) is 24.1 Å². The average molecular weight is 2010 g/mol. The second kappa shape index (κ2) is 37.2. The van der Waals surface area contributed by atoms with Crippen LogP contribution in [0.1, 0.15) is 363 Å². The Bertz CT molecular complexity index is 6640. The Kier molecular flexibility index (Phi) is 26.8. The van der Waals surface area contributed by atoms with Gasteiger partial charge in [0.1, 0.15) is 24.4 Å². The molecule has 4 unspecified atom stereocenters. The lowest BCUT2D eigenvalue weighted by Crippen LogP contribution is -2.63. The van der Waals surface area contributed by atoms with Gasteiger partial charge in [-0.25, -0.2) is 24.7 Å². The molecule has 30 nitrogen and oxygen atoms in total. The largest absolute Gasteiger partial charge is 0.453 e. The van der Waals surface area contributed by atoms with Crippen molar-refractivity contribution < 1.29 is 83.0 Å². The maximum atomic E-state index is 13.0. The van der Waals surface area contributed by atoms with Gasteiger partial charge in [0, 0.05) is 144 Å².